The second-order valence-corrected chi connectivity index (χ2v) is 8.38. The van der Waals surface area contributed by atoms with Crippen LogP contribution in [0.5, 0.6) is 0 Å². The van der Waals surface area contributed by atoms with Gasteiger partial charge in [0, 0.05) is 24.8 Å². The minimum absolute atomic E-state index is 0.0127. The number of ether oxygens (including phenoxy) is 1. The molecule has 2 atom stereocenters. The summed E-state index contributed by atoms with van der Waals surface area (Å²) in [6.07, 6.45) is -0.0805. The number of carbonyl (C=O) groups is 3. The lowest BCUT2D eigenvalue weighted by Gasteiger charge is -2.29. The van der Waals surface area contributed by atoms with Crippen molar-refractivity contribution in [2.45, 2.75) is 38.1 Å². The quantitative estimate of drug-likeness (QED) is 0.674. The van der Waals surface area contributed by atoms with Crippen molar-refractivity contribution in [3.63, 3.8) is 0 Å². The van der Waals surface area contributed by atoms with E-state index < -0.39 is 5.41 Å². The molecule has 0 bridgehead atoms. The number of benzene rings is 1. The van der Waals surface area contributed by atoms with Crippen molar-refractivity contribution in [2.24, 2.45) is 0 Å². The van der Waals surface area contributed by atoms with E-state index in [2.05, 4.69) is 5.32 Å². The fourth-order valence-electron chi connectivity index (χ4n) is 3.94. The summed E-state index contributed by atoms with van der Waals surface area (Å²) in [6.45, 7) is 4.27. The van der Waals surface area contributed by atoms with Crippen molar-refractivity contribution in [3.8, 4) is 0 Å². The molecule has 1 aromatic carbocycles. The first-order valence-corrected chi connectivity index (χ1v) is 10.5. The van der Waals surface area contributed by atoms with Crippen LogP contribution >= 0.6 is 11.3 Å². The molecule has 0 aliphatic carbocycles. The van der Waals surface area contributed by atoms with Gasteiger partial charge in [0.05, 0.1) is 24.6 Å². The summed E-state index contributed by atoms with van der Waals surface area (Å²) in [7, 11) is 1.53. The number of rotatable bonds is 8. The van der Waals surface area contributed by atoms with Gasteiger partial charge in [0.15, 0.2) is 0 Å². The molecule has 1 aliphatic heterocycles. The molecule has 1 aromatic heterocycles. The maximum Gasteiger partial charge on any atom is 0.240 e. The minimum atomic E-state index is -1.19. The summed E-state index contributed by atoms with van der Waals surface area (Å²) >= 11 is 1.57. The predicted octanol–water partition coefficient (Wildman–Crippen LogP) is 2.97. The van der Waals surface area contributed by atoms with E-state index in [-0.39, 0.29) is 49.8 Å². The Balaban J connectivity index is 1.90. The van der Waals surface area contributed by atoms with Crippen molar-refractivity contribution in [1.29, 1.82) is 0 Å². The third-order valence-electron chi connectivity index (χ3n) is 5.40. The van der Waals surface area contributed by atoms with Crippen LogP contribution in [-0.2, 0) is 24.5 Å². The largest absolute Gasteiger partial charge is 0.383 e. The van der Waals surface area contributed by atoms with Gasteiger partial charge in [0.2, 0.25) is 17.7 Å². The van der Waals surface area contributed by atoms with Gasteiger partial charge in [0.25, 0.3) is 0 Å². The van der Waals surface area contributed by atoms with Gasteiger partial charge < -0.3 is 10.1 Å². The van der Waals surface area contributed by atoms with E-state index in [9.17, 15) is 14.4 Å². The zero-order valence-electron chi connectivity index (χ0n) is 16.9. The molecular formula is C22H26N2O4S. The van der Waals surface area contributed by atoms with Crippen LogP contribution < -0.4 is 5.32 Å². The highest BCUT2D eigenvalue weighted by molar-refractivity contribution is 7.10. The van der Waals surface area contributed by atoms with Crippen LogP contribution in [0.25, 0.3) is 0 Å². The molecule has 7 heteroatoms. The number of aryl methyl sites for hydroxylation is 1. The van der Waals surface area contributed by atoms with Gasteiger partial charge in [0.1, 0.15) is 0 Å². The number of imide groups is 1. The third kappa shape index (κ3) is 4.26. The van der Waals surface area contributed by atoms with E-state index in [0.717, 1.165) is 16.0 Å². The number of hydrogen-bond acceptors (Lipinski definition) is 5. The number of hydrogen-bond donors (Lipinski definition) is 1. The number of likely N-dealkylation sites (tertiary alicyclic amines) is 1. The zero-order valence-corrected chi connectivity index (χ0v) is 17.8. The lowest BCUT2D eigenvalue weighted by molar-refractivity contribution is -0.141. The maximum atomic E-state index is 13.4. The average Bonchev–Trinajstić information content (AvgIpc) is 3.29. The number of amides is 3. The van der Waals surface area contributed by atoms with Crippen molar-refractivity contribution in [1.82, 2.24) is 10.2 Å². The Bertz CT molecular complexity index is 896. The first-order valence-electron chi connectivity index (χ1n) is 9.61. The molecular weight excluding hydrogens is 388 g/mol. The van der Waals surface area contributed by atoms with Gasteiger partial charge in [-0.2, -0.15) is 0 Å². The Labute approximate surface area is 174 Å². The first kappa shape index (κ1) is 21.2. The average molecular weight is 415 g/mol. The summed E-state index contributed by atoms with van der Waals surface area (Å²) in [5, 5.41) is 4.94. The number of nitrogens with one attached hydrogen (secondary N) is 1. The smallest absolute Gasteiger partial charge is 0.240 e. The molecule has 1 aliphatic rings. The molecule has 2 heterocycles. The van der Waals surface area contributed by atoms with Crippen LogP contribution in [-0.4, -0.2) is 42.9 Å². The first-order chi connectivity index (χ1) is 13.9. The van der Waals surface area contributed by atoms with E-state index >= 15 is 0 Å². The molecule has 0 radical (unpaired) electrons. The van der Waals surface area contributed by atoms with Crippen LogP contribution in [0, 0.1) is 6.92 Å². The maximum absolute atomic E-state index is 13.4. The normalized spacial score (nSPS) is 20.2. The van der Waals surface area contributed by atoms with Gasteiger partial charge >= 0.3 is 0 Å². The third-order valence-corrected chi connectivity index (χ3v) is 6.45. The molecule has 3 amide bonds. The van der Waals surface area contributed by atoms with Crippen molar-refractivity contribution in [2.75, 3.05) is 20.3 Å². The van der Waals surface area contributed by atoms with E-state index in [4.69, 9.17) is 4.74 Å². The van der Waals surface area contributed by atoms with Gasteiger partial charge in [-0.25, -0.2) is 0 Å². The van der Waals surface area contributed by atoms with Crippen LogP contribution in [0.1, 0.15) is 41.8 Å². The second kappa shape index (κ2) is 8.88. The molecule has 2 aromatic rings. The number of thiophene rings is 1. The van der Waals surface area contributed by atoms with E-state index in [1.165, 1.54) is 12.0 Å². The van der Waals surface area contributed by atoms with E-state index in [1.807, 2.05) is 55.6 Å². The summed E-state index contributed by atoms with van der Waals surface area (Å²) in [5.74, 6) is -0.842. The van der Waals surface area contributed by atoms with E-state index in [0.29, 0.717) is 0 Å². The molecule has 1 saturated heterocycles. The van der Waals surface area contributed by atoms with Gasteiger partial charge in [-0.05, 0) is 36.4 Å². The molecule has 6 nitrogen and oxygen atoms in total. The van der Waals surface area contributed by atoms with Crippen molar-refractivity contribution >= 4 is 29.1 Å². The fraction of sp³-hybridized carbons (Fsp3) is 0.409. The topological polar surface area (TPSA) is 75.7 Å². The molecule has 154 valence electrons. The summed E-state index contributed by atoms with van der Waals surface area (Å²) < 4.78 is 5.05. The predicted molar refractivity (Wildman–Crippen MR) is 112 cm³/mol. The standard InChI is InChI=1S/C22H26N2O4S/c1-15-7-4-5-8-17(15)22(14-20(26)24(21(22)27)10-11-28-3)13-19(25)23-16(2)18-9-6-12-29-18/h4-9,12,16H,10-11,13-14H2,1-3H3,(H,23,25). The number of methoxy groups -OCH3 is 1. The van der Waals surface area contributed by atoms with Crippen molar-refractivity contribution < 1.29 is 19.1 Å². The highest BCUT2D eigenvalue weighted by Crippen LogP contribution is 2.41. The molecule has 1 N–H and O–H groups in total. The highest BCUT2D eigenvalue weighted by Gasteiger charge is 2.54. The van der Waals surface area contributed by atoms with Gasteiger partial charge in [-0.1, -0.05) is 30.3 Å². The molecule has 0 spiro atoms. The Hall–Kier alpha value is -2.51. The Morgan fingerprint density at radius 1 is 1.28 bits per heavy atom. The van der Waals surface area contributed by atoms with E-state index in [1.54, 1.807) is 11.3 Å². The molecule has 2 unspecified atom stereocenters. The van der Waals surface area contributed by atoms with Gasteiger partial charge in [-0.3, -0.25) is 19.3 Å². The van der Waals surface area contributed by atoms with Gasteiger partial charge in [-0.15, -0.1) is 11.3 Å². The monoisotopic (exact) mass is 414 g/mol. The molecule has 3 rings (SSSR count). The van der Waals surface area contributed by atoms with Crippen LogP contribution in [0.15, 0.2) is 41.8 Å². The SMILES string of the molecule is COCCN1C(=O)CC(CC(=O)NC(C)c2cccs2)(c2ccccc2C)C1=O. The highest BCUT2D eigenvalue weighted by atomic mass is 32.1. The van der Waals surface area contributed by atoms with Crippen LogP contribution in [0.2, 0.25) is 0 Å². The van der Waals surface area contributed by atoms with Crippen LogP contribution in [0.3, 0.4) is 0 Å². The van der Waals surface area contributed by atoms with Crippen LogP contribution in [0.4, 0.5) is 0 Å². The summed E-state index contributed by atoms with van der Waals surface area (Å²) in [5.41, 5.74) is 0.439. The molecule has 29 heavy (non-hydrogen) atoms. The lowest BCUT2D eigenvalue weighted by atomic mass is 9.74. The summed E-state index contributed by atoms with van der Waals surface area (Å²) in [6, 6.07) is 11.2. The number of nitrogens with zero attached hydrogens (tertiary/aromatic N) is 1. The Morgan fingerprint density at radius 3 is 2.69 bits per heavy atom. The lowest BCUT2D eigenvalue weighted by Crippen LogP contribution is -2.43. The zero-order chi connectivity index (χ0) is 21.0. The molecule has 0 saturated carbocycles. The Kier molecular flexibility index (Phi) is 6.49. The van der Waals surface area contributed by atoms with Crippen molar-refractivity contribution in [3.05, 3.63) is 57.8 Å². The number of carbonyl (C=O) groups excluding carboxylic acids is 3. The Morgan fingerprint density at radius 2 is 2.03 bits per heavy atom. The second-order valence-electron chi connectivity index (χ2n) is 7.40. The minimum Gasteiger partial charge on any atom is -0.383 e. The molecule has 1 fully saturated rings. The fourth-order valence-corrected chi connectivity index (χ4v) is 4.67. The summed E-state index contributed by atoms with van der Waals surface area (Å²) in [4.78, 5) is 41.3.